The minimum atomic E-state index is -0.872. The molecule has 132 valence electrons. The molecule has 24 heavy (non-hydrogen) atoms. The zero-order valence-corrected chi connectivity index (χ0v) is 14.8. The quantitative estimate of drug-likeness (QED) is 0.703. The molecule has 1 rings (SSSR count). The molecule has 0 unspecified atom stereocenters. The Balaban J connectivity index is 0. The minimum Gasteiger partial charge on any atom is -0.478 e. The van der Waals surface area contributed by atoms with Gasteiger partial charge >= 0.3 is 11.9 Å². The maximum absolute atomic E-state index is 10.1. The zero-order chi connectivity index (χ0) is 19.0. The third-order valence-corrected chi connectivity index (χ3v) is 2.94. The van der Waals surface area contributed by atoms with E-state index in [0.717, 1.165) is 12.8 Å². The van der Waals surface area contributed by atoms with Gasteiger partial charge < -0.3 is 10.2 Å². The molecule has 0 spiro atoms. The standard InChI is InChI=1S/C8H8.C7H12O2.C5H8O2/c1-2-8-6-4-3-5-7-8;1-3-4-5-6(2)7(8)9;1-3-4(2)5(6)7/h2-7H,1H2;2-5H2,1H3,(H,8,9);3H,1-2H3,(H,6,7). The summed E-state index contributed by atoms with van der Waals surface area (Å²) < 4.78 is 0. The van der Waals surface area contributed by atoms with Crippen molar-refractivity contribution < 1.29 is 19.8 Å². The van der Waals surface area contributed by atoms with Crippen LogP contribution in [-0.2, 0) is 9.59 Å². The van der Waals surface area contributed by atoms with Crippen LogP contribution in [0, 0.1) is 0 Å². The number of hydrogen-bond donors (Lipinski definition) is 2. The summed E-state index contributed by atoms with van der Waals surface area (Å²) in [7, 11) is 0. The van der Waals surface area contributed by atoms with Crippen LogP contribution < -0.4 is 0 Å². The van der Waals surface area contributed by atoms with E-state index in [1.54, 1.807) is 19.9 Å². The van der Waals surface area contributed by atoms with Gasteiger partial charge in [0.05, 0.1) is 0 Å². The van der Waals surface area contributed by atoms with Gasteiger partial charge in [-0.3, -0.25) is 0 Å². The molecule has 0 aliphatic carbocycles. The van der Waals surface area contributed by atoms with Crippen LogP contribution in [-0.4, -0.2) is 22.2 Å². The molecule has 4 nitrogen and oxygen atoms in total. The van der Waals surface area contributed by atoms with E-state index in [1.165, 1.54) is 5.56 Å². The van der Waals surface area contributed by atoms with E-state index in [9.17, 15) is 9.59 Å². The van der Waals surface area contributed by atoms with Gasteiger partial charge in [0.2, 0.25) is 0 Å². The number of unbranched alkanes of at least 4 members (excludes halogenated alkanes) is 1. The van der Waals surface area contributed by atoms with Gasteiger partial charge in [-0.05, 0) is 32.3 Å². The van der Waals surface area contributed by atoms with E-state index in [-0.39, 0.29) is 0 Å². The van der Waals surface area contributed by atoms with Crippen LogP contribution in [0.5, 0.6) is 0 Å². The van der Waals surface area contributed by atoms with Crippen molar-refractivity contribution in [3.8, 4) is 0 Å². The molecule has 0 bridgehead atoms. The Bertz CT molecular complexity index is 542. The second kappa shape index (κ2) is 15.3. The van der Waals surface area contributed by atoms with E-state index < -0.39 is 11.9 Å². The first-order chi connectivity index (χ1) is 11.3. The second-order valence-electron chi connectivity index (χ2n) is 4.90. The molecule has 0 amide bonds. The Hall–Kier alpha value is -2.62. The highest BCUT2D eigenvalue weighted by atomic mass is 16.4. The molecule has 0 saturated carbocycles. The van der Waals surface area contributed by atoms with Crippen molar-refractivity contribution in [2.24, 2.45) is 0 Å². The van der Waals surface area contributed by atoms with E-state index in [1.807, 2.05) is 43.3 Å². The third-order valence-electron chi connectivity index (χ3n) is 2.94. The zero-order valence-electron chi connectivity index (χ0n) is 14.8. The Morgan fingerprint density at radius 1 is 1.12 bits per heavy atom. The maximum Gasteiger partial charge on any atom is 0.330 e. The van der Waals surface area contributed by atoms with E-state index in [0.29, 0.717) is 17.6 Å². The van der Waals surface area contributed by atoms with Crippen molar-refractivity contribution in [1.29, 1.82) is 0 Å². The first-order valence-corrected chi connectivity index (χ1v) is 7.74. The maximum atomic E-state index is 10.1. The molecular weight excluding hydrogens is 304 g/mol. The summed E-state index contributed by atoms with van der Waals surface area (Å²) in [6.07, 6.45) is 5.95. The van der Waals surface area contributed by atoms with Gasteiger partial charge in [0.25, 0.3) is 0 Å². The predicted molar refractivity (Wildman–Crippen MR) is 99.9 cm³/mol. The topological polar surface area (TPSA) is 74.6 Å². The average Bonchev–Trinajstić information content (AvgIpc) is 2.60. The Morgan fingerprint density at radius 3 is 1.92 bits per heavy atom. The Morgan fingerprint density at radius 2 is 1.67 bits per heavy atom. The summed E-state index contributed by atoms with van der Waals surface area (Å²) in [5.74, 6) is -1.72. The molecule has 0 aliphatic rings. The summed E-state index contributed by atoms with van der Waals surface area (Å²) in [6.45, 7) is 12.3. The van der Waals surface area contributed by atoms with Gasteiger partial charge in [-0.2, -0.15) is 0 Å². The fraction of sp³-hybridized carbons (Fsp3) is 0.300. The minimum absolute atomic E-state index is 0.317. The van der Waals surface area contributed by atoms with Crippen LogP contribution in [0.3, 0.4) is 0 Å². The Kier molecular flexibility index (Phi) is 15.1. The second-order valence-corrected chi connectivity index (χ2v) is 4.90. The molecule has 1 aromatic carbocycles. The first-order valence-electron chi connectivity index (χ1n) is 7.74. The highest BCUT2D eigenvalue weighted by Gasteiger charge is 2.00. The van der Waals surface area contributed by atoms with Crippen molar-refractivity contribution in [2.75, 3.05) is 0 Å². The first kappa shape index (κ1) is 23.6. The van der Waals surface area contributed by atoms with Crippen LogP contribution in [0.4, 0.5) is 0 Å². The number of carbonyl (C=O) groups is 2. The number of rotatable bonds is 6. The normalized spacial score (nSPS) is 9.54. The fourth-order valence-corrected chi connectivity index (χ4v) is 1.21. The van der Waals surface area contributed by atoms with Gasteiger partial charge in [0, 0.05) is 11.1 Å². The van der Waals surface area contributed by atoms with E-state index in [2.05, 4.69) is 13.2 Å². The lowest BCUT2D eigenvalue weighted by Crippen LogP contribution is -1.97. The van der Waals surface area contributed by atoms with Gasteiger partial charge in [-0.25, -0.2) is 9.59 Å². The number of benzene rings is 1. The van der Waals surface area contributed by atoms with Crippen LogP contribution in [0.15, 0.2) is 60.7 Å². The van der Waals surface area contributed by atoms with Gasteiger partial charge in [-0.15, -0.1) is 0 Å². The van der Waals surface area contributed by atoms with E-state index >= 15 is 0 Å². The number of aliphatic carboxylic acids is 2. The molecule has 0 fully saturated rings. The number of hydrogen-bond acceptors (Lipinski definition) is 2. The van der Waals surface area contributed by atoms with Gasteiger partial charge in [-0.1, -0.05) is 69.0 Å². The molecule has 2 N–H and O–H groups in total. The lowest BCUT2D eigenvalue weighted by molar-refractivity contribution is -0.133. The molecule has 0 heterocycles. The van der Waals surface area contributed by atoms with Crippen LogP contribution in [0.2, 0.25) is 0 Å². The van der Waals surface area contributed by atoms with Crippen LogP contribution >= 0.6 is 0 Å². The highest BCUT2D eigenvalue weighted by molar-refractivity contribution is 5.85. The lowest BCUT2D eigenvalue weighted by Gasteiger charge is -1.95. The smallest absolute Gasteiger partial charge is 0.330 e. The van der Waals surface area contributed by atoms with Crippen molar-refractivity contribution in [2.45, 2.75) is 40.0 Å². The molecule has 0 radical (unpaired) electrons. The third kappa shape index (κ3) is 14.3. The van der Waals surface area contributed by atoms with Crippen molar-refractivity contribution in [1.82, 2.24) is 0 Å². The summed E-state index contributed by atoms with van der Waals surface area (Å²) in [5, 5.41) is 16.4. The van der Waals surface area contributed by atoms with Crippen molar-refractivity contribution in [3.63, 3.8) is 0 Å². The summed E-state index contributed by atoms with van der Waals surface area (Å²) in [4.78, 5) is 20.0. The number of allylic oxidation sites excluding steroid dienone is 1. The SMILES string of the molecule is C=C(CCCC)C(=O)O.C=Cc1ccccc1.CC=C(C)C(=O)O. The van der Waals surface area contributed by atoms with Crippen LogP contribution in [0.1, 0.15) is 45.6 Å². The number of carboxylic acids is 2. The monoisotopic (exact) mass is 332 g/mol. The van der Waals surface area contributed by atoms with Crippen molar-refractivity contribution in [3.05, 3.63) is 66.3 Å². The summed E-state index contributed by atoms with van der Waals surface area (Å²) >= 11 is 0. The van der Waals surface area contributed by atoms with E-state index in [4.69, 9.17) is 10.2 Å². The molecule has 0 atom stereocenters. The highest BCUT2D eigenvalue weighted by Crippen LogP contribution is 2.03. The predicted octanol–water partition coefficient (Wildman–Crippen LogP) is 5.18. The summed E-state index contributed by atoms with van der Waals surface area (Å²) in [6, 6.07) is 10.0. The Labute approximate surface area is 144 Å². The molecule has 4 heteroatoms. The molecular formula is C20H28O4. The van der Waals surface area contributed by atoms with Crippen molar-refractivity contribution >= 4 is 18.0 Å². The van der Waals surface area contributed by atoms with Gasteiger partial charge in [0.1, 0.15) is 0 Å². The van der Waals surface area contributed by atoms with Gasteiger partial charge in [0.15, 0.2) is 0 Å². The largest absolute Gasteiger partial charge is 0.478 e. The fourth-order valence-electron chi connectivity index (χ4n) is 1.21. The number of carboxylic acid groups (broad SMARTS) is 2. The molecule has 1 aromatic rings. The lowest BCUT2D eigenvalue weighted by atomic mass is 10.1. The average molecular weight is 332 g/mol. The van der Waals surface area contributed by atoms with Crippen LogP contribution in [0.25, 0.3) is 6.08 Å². The molecule has 0 aliphatic heterocycles. The summed E-state index contributed by atoms with van der Waals surface area (Å²) in [5.41, 5.74) is 1.88. The molecule has 0 saturated heterocycles. The molecule has 0 aromatic heterocycles.